The highest BCUT2D eigenvalue weighted by Crippen LogP contribution is 2.22. The molecule has 0 bridgehead atoms. The molecule has 2 aromatic rings. The summed E-state index contributed by atoms with van der Waals surface area (Å²) in [5.41, 5.74) is 0.305. The van der Waals surface area contributed by atoms with Crippen molar-refractivity contribution < 1.29 is 4.39 Å². The minimum Gasteiger partial charge on any atom is -0.338 e. The fourth-order valence-electron chi connectivity index (χ4n) is 1.21. The summed E-state index contributed by atoms with van der Waals surface area (Å²) in [4.78, 5) is 3.99. The van der Waals surface area contributed by atoms with Gasteiger partial charge in [0.2, 0.25) is 0 Å². The summed E-state index contributed by atoms with van der Waals surface area (Å²) in [7, 11) is 0. The average molecular weight is 257 g/mol. The minimum atomic E-state index is -0.436. The number of pyridine rings is 1. The molecule has 1 N–H and O–H groups in total. The maximum Gasteiger partial charge on any atom is 0.148 e. The van der Waals surface area contributed by atoms with Gasteiger partial charge in [-0.25, -0.2) is 9.37 Å². The van der Waals surface area contributed by atoms with Crippen molar-refractivity contribution in [3.8, 4) is 0 Å². The molecule has 0 spiro atoms. The summed E-state index contributed by atoms with van der Waals surface area (Å²) in [6.07, 6.45) is 0. The van der Waals surface area contributed by atoms with Gasteiger partial charge in [-0.3, -0.25) is 0 Å². The maximum atomic E-state index is 13.4. The maximum absolute atomic E-state index is 13.4. The SMILES string of the molecule is Fc1cc(Cl)ccc1Nc1cccc(Cl)n1. The van der Waals surface area contributed by atoms with E-state index in [4.69, 9.17) is 23.2 Å². The molecule has 0 aliphatic rings. The van der Waals surface area contributed by atoms with Crippen LogP contribution in [0.25, 0.3) is 0 Å². The van der Waals surface area contributed by atoms with Crippen molar-refractivity contribution in [3.05, 3.63) is 52.4 Å². The van der Waals surface area contributed by atoms with E-state index in [0.29, 0.717) is 21.7 Å². The Kier molecular flexibility index (Phi) is 3.27. The van der Waals surface area contributed by atoms with Crippen LogP contribution in [0, 0.1) is 5.82 Å². The van der Waals surface area contributed by atoms with E-state index in [2.05, 4.69) is 10.3 Å². The molecular formula is C11H7Cl2FN2. The van der Waals surface area contributed by atoms with E-state index >= 15 is 0 Å². The predicted molar refractivity (Wildman–Crippen MR) is 63.9 cm³/mol. The summed E-state index contributed by atoms with van der Waals surface area (Å²) in [6, 6.07) is 9.43. The molecule has 0 unspecified atom stereocenters. The predicted octanol–water partition coefficient (Wildman–Crippen LogP) is 4.27. The highest BCUT2D eigenvalue weighted by Gasteiger charge is 2.03. The number of rotatable bonds is 2. The lowest BCUT2D eigenvalue weighted by atomic mass is 10.3. The van der Waals surface area contributed by atoms with Crippen LogP contribution in [0.2, 0.25) is 10.2 Å². The number of hydrogen-bond acceptors (Lipinski definition) is 2. The van der Waals surface area contributed by atoms with Crippen LogP contribution in [0.3, 0.4) is 0 Å². The fraction of sp³-hybridized carbons (Fsp3) is 0. The summed E-state index contributed by atoms with van der Waals surface area (Å²) < 4.78 is 13.4. The third-order valence-corrected chi connectivity index (χ3v) is 2.35. The number of aromatic nitrogens is 1. The topological polar surface area (TPSA) is 24.9 Å². The Morgan fingerprint density at radius 3 is 2.62 bits per heavy atom. The minimum absolute atomic E-state index is 0.305. The Bertz CT molecular complexity index is 517. The first-order valence-electron chi connectivity index (χ1n) is 4.50. The zero-order valence-corrected chi connectivity index (χ0v) is 9.56. The van der Waals surface area contributed by atoms with E-state index in [-0.39, 0.29) is 0 Å². The molecule has 0 aliphatic carbocycles. The highest BCUT2D eigenvalue weighted by atomic mass is 35.5. The second-order valence-electron chi connectivity index (χ2n) is 3.09. The molecular weight excluding hydrogens is 250 g/mol. The quantitative estimate of drug-likeness (QED) is 0.812. The lowest BCUT2D eigenvalue weighted by molar-refractivity contribution is 0.632. The molecule has 1 heterocycles. The summed E-state index contributed by atoms with van der Waals surface area (Å²) in [6.45, 7) is 0. The van der Waals surface area contributed by atoms with Gasteiger partial charge in [0.15, 0.2) is 0 Å². The normalized spacial score (nSPS) is 10.2. The van der Waals surface area contributed by atoms with E-state index in [1.54, 1.807) is 30.3 Å². The molecule has 5 heteroatoms. The van der Waals surface area contributed by atoms with Gasteiger partial charge in [-0.15, -0.1) is 0 Å². The zero-order chi connectivity index (χ0) is 11.5. The molecule has 0 saturated heterocycles. The van der Waals surface area contributed by atoms with E-state index < -0.39 is 5.82 Å². The average Bonchev–Trinajstić information content (AvgIpc) is 2.22. The van der Waals surface area contributed by atoms with Gasteiger partial charge in [0.1, 0.15) is 16.8 Å². The standard InChI is InChI=1S/C11H7Cl2FN2/c12-7-4-5-9(8(14)6-7)15-11-3-1-2-10(13)16-11/h1-6H,(H,15,16). The van der Waals surface area contributed by atoms with Crippen molar-refractivity contribution in [1.29, 1.82) is 0 Å². The van der Waals surface area contributed by atoms with Gasteiger partial charge < -0.3 is 5.32 Å². The lowest BCUT2D eigenvalue weighted by Crippen LogP contribution is -1.95. The van der Waals surface area contributed by atoms with E-state index in [1.165, 1.54) is 6.07 Å². The molecule has 2 rings (SSSR count). The van der Waals surface area contributed by atoms with Gasteiger partial charge in [0.05, 0.1) is 5.69 Å². The zero-order valence-electron chi connectivity index (χ0n) is 8.05. The van der Waals surface area contributed by atoms with Crippen molar-refractivity contribution in [2.24, 2.45) is 0 Å². The van der Waals surface area contributed by atoms with Crippen molar-refractivity contribution >= 4 is 34.7 Å². The van der Waals surface area contributed by atoms with E-state index in [9.17, 15) is 4.39 Å². The number of nitrogens with zero attached hydrogens (tertiary/aromatic N) is 1. The molecule has 0 aliphatic heterocycles. The second-order valence-corrected chi connectivity index (χ2v) is 3.92. The summed E-state index contributed by atoms with van der Waals surface area (Å²) >= 11 is 11.4. The third-order valence-electron chi connectivity index (χ3n) is 1.91. The van der Waals surface area contributed by atoms with Gasteiger partial charge in [0.25, 0.3) is 0 Å². The first kappa shape index (κ1) is 11.2. The van der Waals surface area contributed by atoms with Crippen LogP contribution in [0.1, 0.15) is 0 Å². The Balaban J connectivity index is 2.27. The first-order valence-corrected chi connectivity index (χ1v) is 5.25. The van der Waals surface area contributed by atoms with Crippen molar-refractivity contribution in [1.82, 2.24) is 4.98 Å². The largest absolute Gasteiger partial charge is 0.338 e. The molecule has 0 amide bonds. The van der Waals surface area contributed by atoms with Crippen LogP contribution >= 0.6 is 23.2 Å². The lowest BCUT2D eigenvalue weighted by Gasteiger charge is -2.06. The second kappa shape index (κ2) is 4.68. The van der Waals surface area contributed by atoms with E-state index in [0.717, 1.165) is 0 Å². The molecule has 0 atom stereocenters. The highest BCUT2D eigenvalue weighted by molar-refractivity contribution is 6.30. The van der Waals surface area contributed by atoms with Gasteiger partial charge in [-0.2, -0.15) is 0 Å². The monoisotopic (exact) mass is 256 g/mol. The molecule has 0 fully saturated rings. The Labute approximate surface area is 102 Å². The molecule has 82 valence electrons. The molecule has 0 radical (unpaired) electrons. The molecule has 0 saturated carbocycles. The van der Waals surface area contributed by atoms with Gasteiger partial charge >= 0.3 is 0 Å². The van der Waals surface area contributed by atoms with Crippen LogP contribution in [0.15, 0.2) is 36.4 Å². The van der Waals surface area contributed by atoms with Crippen LogP contribution in [0.5, 0.6) is 0 Å². The van der Waals surface area contributed by atoms with Crippen molar-refractivity contribution in [2.75, 3.05) is 5.32 Å². The molecule has 2 nitrogen and oxygen atoms in total. The number of benzene rings is 1. The molecule has 1 aromatic carbocycles. The Hall–Kier alpha value is -1.32. The van der Waals surface area contributed by atoms with Crippen LogP contribution in [-0.2, 0) is 0 Å². The summed E-state index contributed by atoms with van der Waals surface area (Å²) in [5.74, 6) is 0.0444. The van der Waals surface area contributed by atoms with Crippen molar-refractivity contribution in [3.63, 3.8) is 0 Å². The van der Waals surface area contributed by atoms with Crippen LogP contribution < -0.4 is 5.32 Å². The number of nitrogens with one attached hydrogen (secondary N) is 1. The number of halogens is 3. The Morgan fingerprint density at radius 1 is 1.12 bits per heavy atom. The van der Waals surface area contributed by atoms with E-state index in [1.807, 2.05) is 0 Å². The third kappa shape index (κ3) is 2.62. The van der Waals surface area contributed by atoms with Gasteiger partial charge in [-0.1, -0.05) is 29.3 Å². The van der Waals surface area contributed by atoms with Crippen LogP contribution in [0.4, 0.5) is 15.9 Å². The van der Waals surface area contributed by atoms with Gasteiger partial charge in [0, 0.05) is 5.02 Å². The molecule has 1 aromatic heterocycles. The smallest absolute Gasteiger partial charge is 0.148 e. The van der Waals surface area contributed by atoms with Gasteiger partial charge in [-0.05, 0) is 30.3 Å². The first-order chi connectivity index (χ1) is 7.65. The number of anilines is 2. The fourth-order valence-corrected chi connectivity index (χ4v) is 1.53. The number of hydrogen-bond donors (Lipinski definition) is 1. The summed E-state index contributed by atoms with van der Waals surface area (Å²) in [5, 5.41) is 3.51. The molecule has 16 heavy (non-hydrogen) atoms. The van der Waals surface area contributed by atoms with Crippen molar-refractivity contribution in [2.45, 2.75) is 0 Å². The van der Waals surface area contributed by atoms with Crippen LogP contribution in [-0.4, -0.2) is 4.98 Å². The Morgan fingerprint density at radius 2 is 1.94 bits per heavy atom.